The molecule has 388 valence electrons. The summed E-state index contributed by atoms with van der Waals surface area (Å²) in [5.74, 6) is 0.506. The molecular formula is C69H81N3O2Zr. The summed E-state index contributed by atoms with van der Waals surface area (Å²) in [5.41, 5.74) is 19.5. The van der Waals surface area contributed by atoms with Crippen molar-refractivity contribution in [2.24, 2.45) is 0 Å². The van der Waals surface area contributed by atoms with E-state index in [0.29, 0.717) is 13.1 Å². The second-order valence-corrected chi connectivity index (χ2v) is 24.4. The minimum Gasteiger partial charge on any atom is -0.507 e. The summed E-state index contributed by atoms with van der Waals surface area (Å²) < 4.78 is 4.67. The van der Waals surface area contributed by atoms with Gasteiger partial charge in [0.1, 0.15) is 11.5 Å². The van der Waals surface area contributed by atoms with Gasteiger partial charge in [0.05, 0.1) is 22.8 Å². The van der Waals surface area contributed by atoms with Gasteiger partial charge in [0.15, 0.2) is 0 Å². The number of aromatic nitrogens is 3. The summed E-state index contributed by atoms with van der Waals surface area (Å²) >= 11 is 0. The number of aryl methyl sites for hydroxylation is 4. The molecule has 3 heterocycles. The molecule has 0 aliphatic carbocycles. The van der Waals surface area contributed by atoms with E-state index >= 15 is 0 Å². The number of nitrogens with zero attached hydrogens (tertiary/aromatic N) is 3. The van der Waals surface area contributed by atoms with E-state index in [1.807, 2.05) is 0 Å². The van der Waals surface area contributed by atoms with Gasteiger partial charge in [-0.25, -0.2) is 4.98 Å². The smallest absolute Gasteiger partial charge is 0.507 e. The number of rotatable bonds is 8. The number of hydrogen-bond donors (Lipinski definition) is 2. The third kappa shape index (κ3) is 10.8. The summed E-state index contributed by atoms with van der Waals surface area (Å²) in [7, 11) is 0. The van der Waals surface area contributed by atoms with Crippen molar-refractivity contribution in [3.63, 3.8) is 0 Å². The van der Waals surface area contributed by atoms with Crippen molar-refractivity contribution < 1.29 is 36.4 Å². The Labute approximate surface area is 469 Å². The average Bonchev–Trinajstić information content (AvgIpc) is 3.84. The zero-order chi connectivity index (χ0) is 52.0. The maximum atomic E-state index is 12.9. The van der Waals surface area contributed by atoms with Crippen LogP contribution in [0.2, 0.25) is 0 Å². The van der Waals surface area contributed by atoms with Crippen LogP contribution in [0.5, 0.6) is 11.5 Å². The number of benzene rings is 6. The Morgan fingerprint density at radius 3 is 1.03 bits per heavy atom. The van der Waals surface area contributed by atoms with Gasteiger partial charge < -0.3 is 34.2 Å². The van der Waals surface area contributed by atoms with Crippen LogP contribution in [0.15, 0.2) is 127 Å². The molecule has 5 nitrogen and oxygen atoms in total. The first-order chi connectivity index (χ1) is 33.8. The Morgan fingerprint density at radius 1 is 0.413 bits per heavy atom. The van der Waals surface area contributed by atoms with Crippen molar-refractivity contribution in [2.75, 3.05) is 0 Å². The quantitative estimate of drug-likeness (QED) is 0.149. The first-order valence-corrected chi connectivity index (χ1v) is 26.0. The van der Waals surface area contributed by atoms with Crippen molar-refractivity contribution in [3.8, 4) is 78.8 Å². The monoisotopic (exact) mass is 1070 g/mol. The van der Waals surface area contributed by atoms with Gasteiger partial charge in [-0.15, -0.1) is 0 Å². The van der Waals surface area contributed by atoms with E-state index in [9.17, 15) is 10.2 Å². The topological polar surface area (TPSA) is 63.2 Å². The predicted octanol–water partition coefficient (Wildman–Crippen LogP) is 19.1. The van der Waals surface area contributed by atoms with Crippen LogP contribution in [-0.4, -0.2) is 24.3 Å². The van der Waals surface area contributed by atoms with Gasteiger partial charge in [0, 0.05) is 68.3 Å². The molecule has 75 heavy (non-hydrogen) atoms. The van der Waals surface area contributed by atoms with Gasteiger partial charge in [-0.05, 0) is 142 Å². The predicted molar refractivity (Wildman–Crippen MR) is 320 cm³/mol. The molecule has 0 bridgehead atoms. The minimum atomic E-state index is -0.0886. The summed E-state index contributed by atoms with van der Waals surface area (Å²) in [5, 5.41) is 27.9. The minimum absolute atomic E-state index is 0. The van der Waals surface area contributed by atoms with Crippen molar-refractivity contribution >= 4 is 21.8 Å². The van der Waals surface area contributed by atoms with Gasteiger partial charge >= 0.3 is 26.2 Å². The fraction of sp³-hybridized carbons (Fsp3) is 0.319. The molecule has 0 amide bonds. The Morgan fingerprint density at radius 2 is 0.720 bits per heavy atom. The number of para-hydroxylation sites is 2. The molecule has 2 N–H and O–H groups in total. The van der Waals surface area contributed by atoms with Crippen molar-refractivity contribution in [1.82, 2.24) is 14.1 Å². The number of pyridine rings is 1. The van der Waals surface area contributed by atoms with Gasteiger partial charge in [-0.3, -0.25) is 0 Å². The second-order valence-electron chi connectivity index (χ2n) is 24.4. The molecule has 0 fully saturated rings. The van der Waals surface area contributed by atoms with Gasteiger partial charge in [-0.1, -0.05) is 162 Å². The molecule has 0 saturated heterocycles. The second kappa shape index (κ2) is 21.2. The molecule has 0 aliphatic heterocycles. The molecule has 0 atom stereocenters. The van der Waals surface area contributed by atoms with E-state index < -0.39 is 0 Å². The fourth-order valence-corrected chi connectivity index (χ4v) is 10.7. The van der Waals surface area contributed by atoms with Gasteiger partial charge in [0.2, 0.25) is 0 Å². The normalized spacial score (nSPS) is 12.2. The number of phenols is 2. The molecule has 0 spiro atoms. The Balaban J connectivity index is 0.00000305. The van der Waals surface area contributed by atoms with E-state index in [1.165, 1.54) is 22.3 Å². The van der Waals surface area contributed by atoms with Crippen molar-refractivity contribution in [2.45, 2.75) is 146 Å². The largest absolute Gasteiger partial charge is 2.00 e. The zero-order valence-electron chi connectivity index (χ0n) is 48.3. The van der Waals surface area contributed by atoms with Crippen LogP contribution in [0.3, 0.4) is 0 Å². The summed E-state index contributed by atoms with van der Waals surface area (Å²) in [6.07, 6.45) is 0. The SMILES string of the molecule is CCn1c(-c2cc(C)cc(-c3cc(C(C)(C)C)cc(C(C)(C)C)c3)c2O)c(-c2cccc(-c3c(-c4cc(C)cc(-c5cc(C(C)(C)C)cc(C(C)(C)C)c5)c4O)n(CC)c4ccccc34)n2)c2ccccc21.[CH3-].[CH3-].[Zr+2]. The fourth-order valence-electron chi connectivity index (χ4n) is 10.7. The molecule has 0 unspecified atom stereocenters. The number of phenolic OH excluding ortho intramolecular Hbond substituents is 2. The number of aromatic hydroxyl groups is 2. The third-order valence-electron chi connectivity index (χ3n) is 14.8. The van der Waals surface area contributed by atoms with Crippen LogP contribution in [0.4, 0.5) is 0 Å². The number of hydrogen-bond acceptors (Lipinski definition) is 3. The van der Waals surface area contributed by atoms with Crippen LogP contribution in [0, 0.1) is 28.7 Å². The maximum Gasteiger partial charge on any atom is 2.00 e. The third-order valence-corrected chi connectivity index (χ3v) is 14.8. The van der Waals surface area contributed by atoms with Gasteiger partial charge in [0.25, 0.3) is 0 Å². The molecule has 6 heteroatoms. The van der Waals surface area contributed by atoms with Crippen LogP contribution in [-0.2, 0) is 61.0 Å². The molecular weight excluding hydrogens is 994 g/mol. The van der Waals surface area contributed by atoms with Crippen LogP contribution in [0.1, 0.15) is 130 Å². The molecule has 9 aromatic rings. The first-order valence-electron chi connectivity index (χ1n) is 26.0. The van der Waals surface area contributed by atoms with Crippen LogP contribution < -0.4 is 0 Å². The molecule has 0 aliphatic rings. The van der Waals surface area contributed by atoms with Crippen molar-refractivity contribution in [3.05, 3.63) is 176 Å². The van der Waals surface area contributed by atoms with E-state index in [1.54, 1.807) is 0 Å². The standard InChI is InChI=1S/C67H75N3O2.2CH3.Zr/c1-17-69-56-28-21-19-24-48(56)58(60(69)52-32-40(3)30-50(62(52)71)42-34-44(64(5,6)7)38-45(35-42)65(8,9)10)54-26-23-27-55(68-54)59-49-25-20-22-29-57(49)70(18-2)61(59)53-33-41(4)31-51(63(53)72)43-36-46(66(11,12)13)39-47(37-43)67(14,15)16;;;/h19-39,71-72H,17-18H2,1-16H3;2*1H3;/q;2*-1;+2. The summed E-state index contributed by atoms with van der Waals surface area (Å²) in [6.45, 7) is 37.1. The van der Waals surface area contributed by atoms with Crippen molar-refractivity contribution in [1.29, 1.82) is 0 Å². The summed E-state index contributed by atoms with van der Waals surface area (Å²) in [6, 6.07) is 45.7. The average molecular weight is 1080 g/mol. The number of fused-ring (bicyclic) bond motifs is 2. The Hall–Kier alpha value is -5.97. The zero-order valence-corrected chi connectivity index (χ0v) is 50.7. The molecule has 6 aromatic carbocycles. The summed E-state index contributed by atoms with van der Waals surface area (Å²) in [4.78, 5) is 5.71. The van der Waals surface area contributed by atoms with E-state index in [2.05, 4.69) is 247 Å². The van der Waals surface area contributed by atoms with Gasteiger partial charge in [-0.2, -0.15) is 0 Å². The van der Waals surface area contributed by atoms with E-state index in [4.69, 9.17) is 4.98 Å². The van der Waals surface area contributed by atoms with E-state index in [-0.39, 0.29) is 74.2 Å². The first kappa shape index (κ1) is 58.3. The molecule has 9 rings (SSSR count). The maximum absolute atomic E-state index is 12.9. The van der Waals surface area contributed by atoms with Crippen LogP contribution >= 0.6 is 0 Å². The van der Waals surface area contributed by atoms with Crippen LogP contribution in [0.25, 0.3) is 89.1 Å². The Bertz CT molecular complexity index is 3280. The molecule has 0 radical (unpaired) electrons. The molecule has 3 aromatic heterocycles. The Kier molecular flexibility index (Phi) is 16.5. The molecule has 0 saturated carbocycles. The van der Waals surface area contributed by atoms with E-state index in [0.717, 1.165) is 100 Å².